The first kappa shape index (κ1) is 15.3. The van der Waals surface area contributed by atoms with Crippen molar-refractivity contribution in [1.82, 2.24) is 10.2 Å². The molecule has 1 saturated heterocycles. The number of nitrogens with one attached hydrogen (secondary N) is 1. The van der Waals surface area contributed by atoms with Crippen molar-refractivity contribution in [2.75, 3.05) is 39.8 Å². The monoisotopic (exact) mass is 276 g/mol. The zero-order valence-electron chi connectivity index (χ0n) is 13.1. The summed E-state index contributed by atoms with van der Waals surface area (Å²) in [5.41, 5.74) is 2.63. The van der Waals surface area contributed by atoms with Crippen molar-refractivity contribution in [3.05, 3.63) is 29.3 Å². The number of benzene rings is 1. The van der Waals surface area contributed by atoms with E-state index in [0.29, 0.717) is 0 Å². The summed E-state index contributed by atoms with van der Waals surface area (Å²) in [5.74, 6) is 1.84. The SMILES string of the molecule is CNCC1CCN(CCCOc2ccc(C)c(C)c2)C1. The van der Waals surface area contributed by atoms with Gasteiger partial charge in [-0.1, -0.05) is 6.07 Å². The van der Waals surface area contributed by atoms with Gasteiger partial charge in [-0.2, -0.15) is 0 Å². The Morgan fingerprint density at radius 3 is 2.90 bits per heavy atom. The van der Waals surface area contributed by atoms with E-state index >= 15 is 0 Å². The molecule has 1 aromatic rings. The van der Waals surface area contributed by atoms with Crippen LogP contribution in [0.1, 0.15) is 24.0 Å². The number of aryl methyl sites for hydroxylation is 2. The Balaban J connectivity index is 1.63. The molecule has 1 aromatic carbocycles. The molecule has 1 heterocycles. The maximum Gasteiger partial charge on any atom is 0.119 e. The van der Waals surface area contributed by atoms with E-state index < -0.39 is 0 Å². The van der Waals surface area contributed by atoms with E-state index in [1.54, 1.807) is 0 Å². The molecule has 0 aliphatic carbocycles. The lowest BCUT2D eigenvalue weighted by Gasteiger charge is -2.16. The zero-order valence-corrected chi connectivity index (χ0v) is 13.1. The average Bonchev–Trinajstić information content (AvgIpc) is 2.87. The second-order valence-corrected chi connectivity index (χ2v) is 5.96. The first-order valence-corrected chi connectivity index (χ1v) is 7.76. The van der Waals surface area contributed by atoms with Crippen molar-refractivity contribution >= 4 is 0 Å². The molecule has 1 aliphatic heterocycles. The summed E-state index contributed by atoms with van der Waals surface area (Å²) >= 11 is 0. The molecule has 0 spiro atoms. The Morgan fingerprint density at radius 1 is 1.30 bits per heavy atom. The third-order valence-electron chi connectivity index (χ3n) is 4.23. The summed E-state index contributed by atoms with van der Waals surface area (Å²) in [7, 11) is 2.04. The summed E-state index contributed by atoms with van der Waals surface area (Å²) in [6.45, 7) is 9.87. The third-order valence-corrected chi connectivity index (χ3v) is 4.23. The van der Waals surface area contributed by atoms with Gasteiger partial charge in [0.05, 0.1) is 6.61 Å². The van der Waals surface area contributed by atoms with E-state index in [4.69, 9.17) is 4.74 Å². The summed E-state index contributed by atoms with van der Waals surface area (Å²) in [6, 6.07) is 6.34. The first-order chi connectivity index (χ1) is 9.69. The number of hydrogen-bond donors (Lipinski definition) is 1. The van der Waals surface area contributed by atoms with Gasteiger partial charge in [0.15, 0.2) is 0 Å². The molecule has 1 aliphatic rings. The average molecular weight is 276 g/mol. The zero-order chi connectivity index (χ0) is 14.4. The second-order valence-electron chi connectivity index (χ2n) is 5.96. The summed E-state index contributed by atoms with van der Waals surface area (Å²) in [6.07, 6.45) is 2.44. The van der Waals surface area contributed by atoms with E-state index in [1.807, 2.05) is 7.05 Å². The lowest BCUT2D eigenvalue weighted by atomic mass is 10.1. The molecule has 112 valence electrons. The van der Waals surface area contributed by atoms with Crippen LogP contribution < -0.4 is 10.1 Å². The normalized spacial score (nSPS) is 19.4. The Kier molecular flexibility index (Phi) is 5.86. The van der Waals surface area contributed by atoms with Crippen molar-refractivity contribution < 1.29 is 4.74 Å². The smallest absolute Gasteiger partial charge is 0.119 e. The standard InChI is InChI=1S/C17H28N2O/c1-14-5-6-17(11-15(14)2)20-10-4-8-19-9-7-16(13-19)12-18-3/h5-6,11,16,18H,4,7-10,12-13H2,1-3H3. The van der Waals surface area contributed by atoms with Crippen LogP contribution in [0.15, 0.2) is 18.2 Å². The van der Waals surface area contributed by atoms with E-state index in [2.05, 4.69) is 42.3 Å². The van der Waals surface area contributed by atoms with Gasteiger partial charge in [-0.05, 0) is 76.0 Å². The lowest BCUT2D eigenvalue weighted by molar-refractivity contribution is 0.258. The van der Waals surface area contributed by atoms with Crippen LogP contribution in [0.25, 0.3) is 0 Å². The van der Waals surface area contributed by atoms with Gasteiger partial charge in [-0.15, -0.1) is 0 Å². The van der Waals surface area contributed by atoms with Crippen LogP contribution in [0.5, 0.6) is 5.75 Å². The quantitative estimate of drug-likeness (QED) is 0.775. The van der Waals surface area contributed by atoms with Crippen LogP contribution in [0.4, 0.5) is 0 Å². The molecule has 20 heavy (non-hydrogen) atoms. The lowest BCUT2D eigenvalue weighted by Crippen LogP contribution is -2.26. The Morgan fingerprint density at radius 2 is 2.15 bits per heavy atom. The fourth-order valence-corrected chi connectivity index (χ4v) is 2.85. The van der Waals surface area contributed by atoms with E-state index in [1.165, 1.54) is 30.6 Å². The minimum atomic E-state index is 0.815. The maximum absolute atomic E-state index is 5.84. The molecular weight excluding hydrogens is 248 g/mol. The number of hydrogen-bond acceptors (Lipinski definition) is 3. The molecule has 2 rings (SSSR count). The molecule has 1 unspecified atom stereocenters. The molecule has 0 aromatic heterocycles. The van der Waals surface area contributed by atoms with Crippen molar-refractivity contribution in [3.63, 3.8) is 0 Å². The fraction of sp³-hybridized carbons (Fsp3) is 0.647. The van der Waals surface area contributed by atoms with E-state index in [9.17, 15) is 0 Å². The molecule has 3 nitrogen and oxygen atoms in total. The molecule has 1 N–H and O–H groups in total. The Labute approximate surface area is 123 Å². The topological polar surface area (TPSA) is 24.5 Å². The molecule has 1 fully saturated rings. The van der Waals surface area contributed by atoms with Gasteiger partial charge in [0, 0.05) is 13.1 Å². The van der Waals surface area contributed by atoms with Gasteiger partial charge >= 0.3 is 0 Å². The number of rotatable bonds is 7. The largest absolute Gasteiger partial charge is 0.494 e. The predicted octanol–water partition coefficient (Wildman–Crippen LogP) is 2.61. The first-order valence-electron chi connectivity index (χ1n) is 7.76. The molecule has 3 heteroatoms. The van der Waals surface area contributed by atoms with Crippen molar-refractivity contribution in [2.45, 2.75) is 26.7 Å². The second kappa shape index (κ2) is 7.65. The van der Waals surface area contributed by atoms with Crippen LogP contribution in [0, 0.1) is 19.8 Å². The van der Waals surface area contributed by atoms with Crippen LogP contribution in [0.2, 0.25) is 0 Å². The number of ether oxygens (including phenoxy) is 1. The van der Waals surface area contributed by atoms with Crippen LogP contribution in [-0.4, -0.2) is 44.7 Å². The summed E-state index contributed by atoms with van der Waals surface area (Å²) in [5, 5.41) is 3.28. The predicted molar refractivity (Wildman–Crippen MR) is 84.5 cm³/mol. The van der Waals surface area contributed by atoms with Gasteiger partial charge in [-0.25, -0.2) is 0 Å². The van der Waals surface area contributed by atoms with Gasteiger partial charge in [0.1, 0.15) is 5.75 Å². The van der Waals surface area contributed by atoms with E-state index in [-0.39, 0.29) is 0 Å². The highest BCUT2D eigenvalue weighted by Gasteiger charge is 2.20. The van der Waals surface area contributed by atoms with Gasteiger partial charge in [0.2, 0.25) is 0 Å². The minimum Gasteiger partial charge on any atom is -0.494 e. The Bertz CT molecular complexity index is 419. The third kappa shape index (κ3) is 4.50. The molecular formula is C17H28N2O. The molecule has 0 bridgehead atoms. The van der Waals surface area contributed by atoms with Crippen molar-refractivity contribution in [2.24, 2.45) is 5.92 Å². The highest BCUT2D eigenvalue weighted by molar-refractivity contribution is 5.33. The number of nitrogens with zero attached hydrogens (tertiary/aromatic N) is 1. The van der Waals surface area contributed by atoms with Crippen LogP contribution in [-0.2, 0) is 0 Å². The van der Waals surface area contributed by atoms with Gasteiger partial charge < -0.3 is 15.0 Å². The maximum atomic E-state index is 5.84. The molecule has 1 atom stereocenters. The number of likely N-dealkylation sites (tertiary alicyclic amines) is 1. The highest BCUT2D eigenvalue weighted by Crippen LogP contribution is 2.17. The van der Waals surface area contributed by atoms with E-state index in [0.717, 1.165) is 37.8 Å². The summed E-state index contributed by atoms with van der Waals surface area (Å²) in [4.78, 5) is 2.56. The fourth-order valence-electron chi connectivity index (χ4n) is 2.85. The van der Waals surface area contributed by atoms with Crippen LogP contribution >= 0.6 is 0 Å². The van der Waals surface area contributed by atoms with Gasteiger partial charge in [0.25, 0.3) is 0 Å². The molecule has 0 saturated carbocycles. The Hall–Kier alpha value is -1.06. The molecule has 0 radical (unpaired) electrons. The highest BCUT2D eigenvalue weighted by atomic mass is 16.5. The minimum absolute atomic E-state index is 0.815. The van der Waals surface area contributed by atoms with Crippen LogP contribution in [0.3, 0.4) is 0 Å². The van der Waals surface area contributed by atoms with Gasteiger partial charge in [-0.3, -0.25) is 0 Å². The molecule has 0 amide bonds. The van der Waals surface area contributed by atoms with Crippen molar-refractivity contribution in [3.8, 4) is 5.75 Å². The summed E-state index contributed by atoms with van der Waals surface area (Å²) < 4.78 is 5.84. The van der Waals surface area contributed by atoms with Crippen molar-refractivity contribution in [1.29, 1.82) is 0 Å².